The van der Waals surface area contributed by atoms with Crippen LogP contribution in [0.1, 0.15) is 35.0 Å². The van der Waals surface area contributed by atoms with Gasteiger partial charge in [-0.15, -0.1) is 0 Å². The molecular weight excluding hydrogens is 620 g/mol. The number of aromatic nitrogens is 3. The maximum atomic E-state index is 14.1. The van der Waals surface area contributed by atoms with E-state index in [1.54, 1.807) is 60.3 Å². The average Bonchev–Trinajstić information content (AvgIpc) is 3.42. The van der Waals surface area contributed by atoms with Crippen molar-refractivity contribution in [3.63, 3.8) is 0 Å². The summed E-state index contributed by atoms with van der Waals surface area (Å²) in [5, 5.41) is 10.3. The van der Waals surface area contributed by atoms with Gasteiger partial charge in [-0.05, 0) is 66.6 Å². The second-order valence-electron chi connectivity index (χ2n) is 10.0. The molecule has 0 bridgehead atoms. The zero-order chi connectivity index (χ0) is 32.4. The second-order valence-corrected chi connectivity index (χ2v) is 10.5. The van der Waals surface area contributed by atoms with E-state index in [1.165, 1.54) is 12.1 Å². The molecule has 12 heteroatoms. The summed E-state index contributed by atoms with van der Waals surface area (Å²) in [5.41, 5.74) is -2.35. The van der Waals surface area contributed by atoms with Gasteiger partial charge in [0.05, 0.1) is 35.7 Å². The van der Waals surface area contributed by atoms with Crippen molar-refractivity contribution in [2.45, 2.75) is 31.4 Å². The van der Waals surface area contributed by atoms with Gasteiger partial charge in [0.2, 0.25) is 0 Å². The molecule has 0 atom stereocenters. The predicted molar refractivity (Wildman–Crippen MR) is 157 cm³/mol. The number of ether oxygens (including phenoxy) is 1. The molecule has 5 aromatic rings. The van der Waals surface area contributed by atoms with Crippen LogP contribution >= 0.6 is 11.6 Å². The van der Waals surface area contributed by atoms with E-state index in [9.17, 15) is 31.4 Å². The molecule has 0 aliphatic heterocycles. The van der Waals surface area contributed by atoms with Gasteiger partial charge in [0.25, 0.3) is 0 Å². The number of hydrogen-bond acceptors (Lipinski definition) is 4. The molecule has 0 aliphatic carbocycles. The Bertz CT molecular complexity index is 1710. The zero-order valence-electron chi connectivity index (χ0n) is 23.7. The number of rotatable bonds is 9. The molecule has 0 amide bonds. The Morgan fingerprint density at radius 1 is 0.756 bits per heavy atom. The fraction of sp³-hybridized carbons (Fsp3) is 0.212. The molecule has 0 aliphatic rings. The first-order valence-corrected chi connectivity index (χ1v) is 14.2. The summed E-state index contributed by atoms with van der Waals surface area (Å²) in [7, 11) is 0. The molecule has 0 unspecified atom stereocenters. The standard InChI is InChI=1S/C33H26ClF6N3O2/c1-2-43-29(22-9-11-27(34)12-10-22)28(21-13-15-41-16-14-21)42-30(43)31(45-18-17-44,23-5-3-7-25(19-23)32(35,36)37)24-6-4-8-26(20-24)33(38,39)40/h3-16,19-20,44H,2,17-18H2,1H3. The minimum Gasteiger partial charge on any atom is -0.394 e. The fourth-order valence-electron chi connectivity index (χ4n) is 5.32. The first-order chi connectivity index (χ1) is 21.4. The number of aliphatic hydroxyl groups excluding tert-OH is 1. The Hall–Kier alpha value is -4.19. The van der Waals surface area contributed by atoms with Crippen molar-refractivity contribution in [2.75, 3.05) is 13.2 Å². The first kappa shape index (κ1) is 32.2. The van der Waals surface area contributed by atoms with E-state index < -0.39 is 42.3 Å². The van der Waals surface area contributed by atoms with Crippen LogP contribution in [0, 0.1) is 0 Å². The molecule has 5 rings (SSSR count). The number of hydrogen-bond donors (Lipinski definition) is 1. The number of pyridine rings is 1. The molecule has 2 heterocycles. The van der Waals surface area contributed by atoms with E-state index in [0.29, 0.717) is 27.5 Å². The Labute approximate surface area is 259 Å². The number of nitrogens with zero attached hydrogens (tertiary/aromatic N) is 3. The summed E-state index contributed by atoms with van der Waals surface area (Å²) >= 11 is 6.17. The van der Waals surface area contributed by atoms with Gasteiger partial charge in [-0.2, -0.15) is 26.3 Å². The number of benzene rings is 3. The molecule has 234 valence electrons. The quantitative estimate of drug-likeness (QED) is 0.163. The van der Waals surface area contributed by atoms with Crippen LogP contribution < -0.4 is 0 Å². The molecule has 0 saturated carbocycles. The third-order valence-electron chi connectivity index (χ3n) is 7.27. The monoisotopic (exact) mass is 645 g/mol. The maximum absolute atomic E-state index is 14.1. The van der Waals surface area contributed by atoms with Crippen LogP contribution in [0.4, 0.5) is 26.3 Å². The third kappa shape index (κ3) is 6.33. The van der Waals surface area contributed by atoms with E-state index in [1.807, 2.05) is 0 Å². The van der Waals surface area contributed by atoms with E-state index in [-0.39, 0.29) is 23.5 Å². The lowest BCUT2D eigenvalue weighted by Crippen LogP contribution is -2.37. The van der Waals surface area contributed by atoms with Crippen LogP contribution in [0.25, 0.3) is 22.5 Å². The van der Waals surface area contributed by atoms with E-state index in [2.05, 4.69) is 4.98 Å². The smallest absolute Gasteiger partial charge is 0.394 e. The van der Waals surface area contributed by atoms with Gasteiger partial charge in [0, 0.05) is 35.1 Å². The van der Waals surface area contributed by atoms with Crippen LogP contribution in [-0.2, 0) is 29.2 Å². The highest BCUT2D eigenvalue weighted by molar-refractivity contribution is 6.30. The highest BCUT2D eigenvalue weighted by Gasteiger charge is 2.46. The lowest BCUT2D eigenvalue weighted by molar-refractivity contribution is -0.138. The summed E-state index contributed by atoms with van der Waals surface area (Å²) in [6.45, 7) is 0.946. The average molecular weight is 646 g/mol. The lowest BCUT2D eigenvalue weighted by Gasteiger charge is -2.35. The van der Waals surface area contributed by atoms with Gasteiger partial charge >= 0.3 is 12.4 Å². The van der Waals surface area contributed by atoms with Crippen molar-refractivity contribution < 1.29 is 36.2 Å². The Morgan fingerprint density at radius 3 is 1.78 bits per heavy atom. The molecule has 0 radical (unpaired) electrons. The molecule has 0 spiro atoms. The maximum Gasteiger partial charge on any atom is 0.416 e. The van der Waals surface area contributed by atoms with Crippen LogP contribution in [0.15, 0.2) is 97.3 Å². The van der Waals surface area contributed by atoms with Gasteiger partial charge in [0.15, 0.2) is 11.4 Å². The van der Waals surface area contributed by atoms with Gasteiger partial charge in [-0.25, -0.2) is 4.98 Å². The van der Waals surface area contributed by atoms with Crippen LogP contribution in [0.5, 0.6) is 0 Å². The number of halogens is 7. The molecule has 0 saturated heterocycles. The van der Waals surface area contributed by atoms with Gasteiger partial charge in [0.1, 0.15) is 0 Å². The molecular formula is C33H26ClF6N3O2. The molecule has 1 N–H and O–H groups in total. The second kappa shape index (κ2) is 12.7. The summed E-state index contributed by atoms with van der Waals surface area (Å²) in [4.78, 5) is 9.01. The highest BCUT2D eigenvalue weighted by atomic mass is 35.5. The van der Waals surface area contributed by atoms with Crippen LogP contribution in [0.3, 0.4) is 0 Å². The Morgan fingerprint density at radius 2 is 1.29 bits per heavy atom. The van der Waals surface area contributed by atoms with Crippen LogP contribution in [0.2, 0.25) is 5.02 Å². The van der Waals surface area contributed by atoms with Gasteiger partial charge in [-0.3, -0.25) is 4.98 Å². The third-order valence-corrected chi connectivity index (χ3v) is 7.52. The first-order valence-electron chi connectivity index (χ1n) is 13.8. The van der Waals surface area contributed by atoms with Crippen molar-refractivity contribution in [3.05, 3.63) is 130 Å². The minimum absolute atomic E-state index is 0.00820. The van der Waals surface area contributed by atoms with E-state index in [4.69, 9.17) is 21.3 Å². The van der Waals surface area contributed by atoms with E-state index in [0.717, 1.165) is 36.4 Å². The van der Waals surface area contributed by atoms with Gasteiger partial charge < -0.3 is 14.4 Å². The molecule has 2 aromatic heterocycles. The van der Waals surface area contributed by atoms with Crippen molar-refractivity contribution in [1.82, 2.24) is 14.5 Å². The molecule has 0 fully saturated rings. The van der Waals surface area contributed by atoms with Crippen molar-refractivity contribution in [1.29, 1.82) is 0 Å². The number of imidazole rings is 1. The topological polar surface area (TPSA) is 60.2 Å². The Balaban J connectivity index is 1.96. The molecule has 3 aromatic carbocycles. The van der Waals surface area contributed by atoms with Crippen molar-refractivity contribution in [3.8, 4) is 22.5 Å². The SMILES string of the molecule is CCn1c(C(OCCO)(c2cccc(C(F)(F)F)c2)c2cccc(C(F)(F)F)c2)nc(-c2ccncc2)c1-c1ccc(Cl)cc1. The van der Waals surface area contributed by atoms with Gasteiger partial charge in [-0.1, -0.05) is 48.0 Å². The van der Waals surface area contributed by atoms with E-state index >= 15 is 0 Å². The molecule has 5 nitrogen and oxygen atoms in total. The minimum atomic E-state index is -4.77. The lowest BCUT2D eigenvalue weighted by atomic mass is 9.83. The zero-order valence-corrected chi connectivity index (χ0v) is 24.5. The summed E-state index contributed by atoms with van der Waals surface area (Å²) in [5.74, 6) is 0.00820. The summed E-state index contributed by atoms with van der Waals surface area (Å²) in [6, 6.07) is 18.6. The number of aliphatic hydroxyl groups is 1. The Kier molecular flexibility index (Phi) is 9.06. The predicted octanol–water partition coefficient (Wildman–Crippen LogP) is 8.62. The highest BCUT2D eigenvalue weighted by Crippen LogP contribution is 2.46. The summed E-state index contributed by atoms with van der Waals surface area (Å²) < 4.78 is 92.3. The summed E-state index contributed by atoms with van der Waals surface area (Å²) in [6.07, 6.45) is -6.46. The van der Waals surface area contributed by atoms with Crippen molar-refractivity contribution >= 4 is 11.6 Å². The fourth-order valence-corrected chi connectivity index (χ4v) is 5.45. The van der Waals surface area contributed by atoms with Crippen molar-refractivity contribution in [2.24, 2.45) is 0 Å². The number of alkyl halides is 6. The molecule has 45 heavy (non-hydrogen) atoms. The largest absolute Gasteiger partial charge is 0.416 e. The van der Waals surface area contributed by atoms with Crippen LogP contribution in [-0.4, -0.2) is 32.9 Å². The normalized spacial score (nSPS) is 12.5.